The molecule has 1 N–H and O–H groups in total. The van der Waals surface area contributed by atoms with Gasteiger partial charge < -0.3 is 10.2 Å². The fourth-order valence-electron chi connectivity index (χ4n) is 3.63. The van der Waals surface area contributed by atoms with Crippen molar-refractivity contribution in [2.24, 2.45) is 0 Å². The number of rotatable bonds is 2. The summed E-state index contributed by atoms with van der Waals surface area (Å²) in [6, 6.07) is 5.76. The fourth-order valence-corrected chi connectivity index (χ4v) is 3.63. The average Bonchev–Trinajstić information content (AvgIpc) is 3.29. The lowest BCUT2D eigenvalue weighted by molar-refractivity contribution is -0.125. The SMILES string of the molecule is O=C1NCCCC[C@@H]1N1Cc2c(cccc2C2CC2)C1=O. The molecule has 1 aromatic rings. The molecule has 1 saturated heterocycles. The Balaban J connectivity index is 1.66. The van der Waals surface area contributed by atoms with E-state index in [4.69, 9.17) is 0 Å². The first-order chi connectivity index (χ1) is 10.3. The Bertz CT molecular complexity index is 607. The lowest BCUT2D eigenvalue weighted by Gasteiger charge is -2.25. The predicted octanol–water partition coefficient (Wildman–Crippen LogP) is 2.19. The van der Waals surface area contributed by atoms with Crippen LogP contribution in [-0.2, 0) is 11.3 Å². The monoisotopic (exact) mass is 284 g/mol. The second kappa shape index (κ2) is 4.86. The van der Waals surface area contributed by atoms with Crippen molar-refractivity contribution in [2.75, 3.05) is 6.54 Å². The number of carbonyl (C=O) groups is 2. The van der Waals surface area contributed by atoms with Crippen LogP contribution in [0.2, 0.25) is 0 Å². The number of carbonyl (C=O) groups excluding carboxylic acids is 2. The van der Waals surface area contributed by atoms with Crippen molar-refractivity contribution in [1.29, 1.82) is 0 Å². The zero-order valence-electron chi connectivity index (χ0n) is 12.1. The van der Waals surface area contributed by atoms with Crippen LogP contribution in [0.3, 0.4) is 0 Å². The van der Waals surface area contributed by atoms with Gasteiger partial charge in [-0.25, -0.2) is 0 Å². The normalized spacial score (nSPS) is 25.5. The van der Waals surface area contributed by atoms with E-state index in [0.29, 0.717) is 12.5 Å². The van der Waals surface area contributed by atoms with Crippen LogP contribution in [-0.4, -0.2) is 29.3 Å². The second-order valence-electron chi connectivity index (χ2n) is 6.38. The Morgan fingerprint density at radius 1 is 1.10 bits per heavy atom. The first kappa shape index (κ1) is 12.9. The molecule has 4 heteroatoms. The molecule has 2 amide bonds. The molecule has 0 radical (unpaired) electrons. The third-order valence-corrected chi connectivity index (χ3v) is 4.93. The molecule has 2 heterocycles. The molecule has 2 aliphatic heterocycles. The third-order valence-electron chi connectivity index (χ3n) is 4.93. The standard InChI is InChI=1S/C17H20N2O2/c20-16-15(6-1-2-9-18-16)19-10-14-12(11-7-8-11)4-3-5-13(14)17(19)21/h3-5,11,15H,1-2,6-10H2,(H,18,20)/t15-/m0/s1. The summed E-state index contributed by atoms with van der Waals surface area (Å²) in [6.07, 6.45) is 5.25. The van der Waals surface area contributed by atoms with Gasteiger partial charge in [0.25, 0.3) is 5.91 Å². The van der Waals surface area contributed by atoms with Crippen LogP contribution in [0.15, 0.2) is 18.2 Å². The summed E-state index contributed by atoms with van der Waals surface area (Å²) < 4.78 is 0. The molecule has 1 saturated carbocycles. The number of benzene rings is 1. The van der Waals surface area contributed by atoms with Gasteiger partial charge in [0.1, 0.15) is 6.04 Å². The molecule has 4 rings (SSSR count). The molecule has 1 aromatic carbocycles. The Morgan fingerprint density at radius 2 is 1.95 bits per heavy atom. The van der Waals surface area contributed by atoms with Gasteiger partial charge in [-0.15, -0.1) is 0 Å². The highest BCUT2D eigenvalue weighted by atomic mass is 16.2. The number of hydrogen-bond donors (Lipinski definition) is 1. The summed E-state index contributed by atoms with van der Waals surface area (Å²) in [5.41, 5.74) is 3.32. The zero-order chi connectivity index (χ0) is 14.4. The van der Waals surface area contributed by atoms with Crippen molar-refractivity contribution >= 4 is 11.8 Å². The van der Waals surface area contributed by atoms with Gasteiger partial charge in [0, 0.05) is 18.7 Å². The van der Waals surface area contributed by atoms with Crippen molar-refractivity contribution in [1.82, 2.24) is 10.2 Å². The van der Waals surface area contributed by atoms with Crippen LogP contribution < -0.4 is 5.32 Å². The van der Waals surface area contributed by atoms with Gasteiger partial charge in [0.15, 0.2) is 0 Å². The van der Waals surface area contributed by atoms with E-state index in [0.717, 1.165) is 31.4 Å². The number of fused-ring (bicyclic) bond motifs is 1. The zero-order valence-corrected chi connectivity index (χ0v) is 12.1. The van der Waals surface area contributed by atoms with Crippen LogP contribution in [0.4, 0.5) is 0 Å². The predicted molar refractivity (Wildman–Crippen MR) is 78.9 cm³/mol. The highest BCUT2D eigenvalue weighted by molar-refractivity contribution is 6.01. The molecular weight excluding hydrogens is 264 g/mol. The van der Waals surface area contributed by atoms with E-state index >= 15 is 0 Å². The van der Waals surface area contributed by atoms with Crippen molar-refractivity contribution in [2.45, 2.75) is 50.6 Å². The first-order valence-electron chi connectivity index (χ1n) is 7.96. The maximum atomic E-state index is 12.7. The lowest BCUT2D eigenvalue weighted by atomic mass is 10.00. The summed E-state index contributed by atoms with van der Waals surface area (Å²) in [5.74, 6) is 0.687. The smallest absolute Gasteiger partial charge is 0.255 e. The van der Waals surface area contributed by atoms with E-state index in [1.54, 1.807) is 4.90 Å². The van der Waals surface area contributed by atoms with E-state index in [1.165, 1.54) is 24.0 Å². The van der Waals surface area contributed by atoms with Gasteiger partial charge >= 0.3 is 0 Å². The van der Waals surface area contributed by atoms with E-state index in [2.05, 4.69) is 11.4 Å². The van der Waals surface area contributed by atoms with Gasteiger partial charge in [0.2, 0.25) is 5.91 Å². The van der Waals surface area contributed by atoms with E-state index < -0.39 is 0 Å². The Labute approximate surface area is 124 Å². The van der Waals surface area contributed by atoms with Gasteiger partial charge in [-0.1, -0.05) is 12.1 Å². The molecule has 1 aliphatic carbocycles. The van der Waals surface area contributed by atoms with E-state index in [-0.39, 0.29) is 17.9 Å². The highest BCUT2D eigenvalue weighted by Crippen LogP contribution is 2.44. The highest BCUT2D eigenvalue weighted by Gasteiger charge is 2.39. The Hall–Kier alpha value is -1.84. The van der Waals surface area contributed by atoms with Crippen molar-refractivity contribution in [3.63, 3.8) is 0 Å². The van der Waals surface area contributed by atoms with Crippen molar-refractivity contribution in [3.8, 4) is 0 Å². The molecule has 0 spiro atoms. The lowest BCUT2D eigenvalue weighted by Crippen LogP contribution is -2.45. The minimum absolute atomic E-state index is 0.0154. The first-order valence-corrected chi connectivity index (χ1v) is 7.96. The van der Waals surface area contributed by atoms with Gasteiger partial charge in [-0.2, -0.15) is 0 Å². The fraction of sp³-hybridized carbons (Fsp3) is 0.529. The third kappa shape index (κ3) is 2.13. The summed E-state index contributed by atoms with van der Waals surface area (Å²) >= 11 is 0. The van der Waals surface area contributed by atoms with Crippen LogP contribution >= 0.6 is 0 Å². The average molecular weight is 284 g/mol. The maximum Gasteiger partial charge on any atom is 0.255 e. The molecule has 21 heavy (non-hydrogen) atoms. The van der Waals surface area contributed by atoms with Crippen LogP contribution in [0.1, 0.15) is 59.5 Å². The van der Waals surface area contributed by atoms with Crippen LogP contribution in [0, 0.1) is 0 Å². The molecule has 110 valence electrons. The number of amides is 2. The topological polar surface area (TPSA) is 49.4 Å². The Morgan fingerprint density at radius 3 is 2.76 bits per heavy atom. The summed E-state index contributed by atoms with van der Waals surface area (Å²) in [4.78, 5) is 26.7. The maximum absolute atomic E-state index is 12.7. The molecule has 1 atom stereocenters. The molecule has 3 aliphatic rings. The van der Waals surface area contributed by atoms with Crippen LogP contribution in [0.5, 0.6) is 0 Å². The Kier molecular flexibility index (Phi) is 2.98. The second-order valence-corrected chi connectivity index (χ2v) is 6.38. The summed E-state index contributed by atoms with van der Waals surface area (Å²) in [5, 5.41) is 2.94. The molecule has 0 unspecified atom stereocenters. The number of nitrogens with one attached hydrogen (secondary N) is 1. The summed E-state index contributed by atoms with van der Waals surface area (Å²) in [6.45, 7) is 1.34. The molecule has 0 bridgehead atoms. The van der Waals surface area contributed by atoms with E-state index in [9.17, 15) is 9.59 Å². The van der Waals surface area contributed by atoms with Gasteiger partial charge in [-0.05, 0) is 55.2 Å². The minimum atomic E-state index is -0.292. The molecule has 0 aromatic heterocycles. The number of hydrogen-bond acceptors (Lipinski definition) is 2. The van der Waals surface area contributed by atoms with Gasteiger partial charge in [-0.3, -0.25) is 9.59 Å². The molecular formula is C17H20N2O2. The number of nitrogens with zero attached hydrogens (tertiary/aromatic N) is 1. The quantitative estimate of drug-likeness (QED) is 0.905. The van der Waals surface area contributed by atoms with Crippen LogP contribution in [0.25, 0.3) is 0 Å². The van der Waals surface area contributed by atoms with E-state index in [1.807, 2.05) is 12.1 Å². The summed E-state index contributed by atoms with van der Waals surface area (Å²) in [7, 11) is 0. The molecule has 4 nitrogen and oxygen atoms in total. The van der Waals surface area contributed by atoms with Crippen molar-refractivity contribution in [3.05, 3.63) is 34.9 Å². The molecule has 2 fully saturated rings. The minimum Gasteiger partial charge on any atom is -0.354 e. The van der Waals surface area contributed by atoms with Crippen molar-refractivity contribution < 1.29 is 9.59 Å². The largest absolute Gasteiger partial charge is 0.354 e. The van der Waals surface area contributed by atoms with Gasteiger partial charge in [0.05, 0.1) is 0 Å².